The van der Waals surface area contributed by atoms with Crippen molar-refractivity contribution in [3.8, 4) is 33.5 Å². The first-order valence-electron chi connectivity index (χ1n) is 11.8. The normalized spacial score (nSPS) is 15.0. The van der Waals surface area contributed by atoms with E-state index in [2.05, 4.69) is 44.2 Å². The average Bonchev–Trinajstić information content (AvgIpc) is 3.35. The Balaban J connectivity index is 1.27. The smallest absolute Gasteiger partial charge is 0.132 e. The Hall–Kier alpha value is -3.42. The van der Waals surface area contributed by atoms with Crippen LogP contribution >= 0.6 is 0 Å². The van der Waals surface area contributed by atoms with Gasteiger partial charge >= 0.3 is 0 Å². The van der Waals surface area contributed by atoms with Crippen molar-refractivity contribution >= 4 is 0 Å². The van der Waals surface area contributed by atoms with Gasteiger partial charge < -0.3 is 9.80 Å². The zero-order valence-corrected chi connectivity index (χ0v) is 19.4. The van der Waals surface area contributed by atoms with Gasteiger partial charge in [-0.2, -0.15) is 5.10 Å². The monoisotopic (exact) mass is 456 g/mol. The molecule has 0 amide bonds. The Bertz CT molecular complexity index is 1250. The molecule has 3 aromatic heterocycles. The highest BCUT2D eigenvalue weighted by Crippen LogP contribution is 2.28. The van der Waals surface area contributed by atoms with Crippen LogP contribution in [0, 0.1) is 5.82 Å². The summed E-state index contributed by atoms with van der Waals surface area (Å²) in [5.74, 6) is -0.279. The lowest BCUT2D eigenvalue weighted by Crippen LogP contribution is -2.44. The number of likely N-dealkylation sites (N-methyl/N-ethyl adjacent to an activating group) is 1. The fraction of sp³-hybridized carbons (Fsp3) is 0.296. The third-order valence-corrected chi connectivity index (χ3v) is 6.41. The van der Waals surface area contributed by atoms with Crippen LogP contribution in [0.4, 0.5) is 4.39 Å². The standard InChI is InChI=1S/C27H29FN6/c1-32-11-13-33(14-12-32)9-4-10-34-20-24(19-31-34)23-15-22(17-29-18-23)21-7-8-30-27(16-21)25-5-2-3-6-26(25)28/h2-3,5-8,15-20H,4,9-14H2,1H3. The van der Waals surface area contributed by atoms with Crippen molar-refractivity contribution in [2.75, 3.05) is 39.8 Å². The minimum Gasteiger partial charge on any atom is -0.304 e. The van der Waals surface area contributed by atoms with Gasteiger partial charge in [0.25, 0.3) is 0 Å². The van der Waals surface area contributed by atoms with Gasteiger partial charge in [0.15, 0.2) is 0 Å². The molecule has 6 nitrogen and oxygen atoms in total. The van der Waals surface area contributed by atoms with Crippen molar-refractivity contribution in [3.63, 3.8) is 0 Å². The minimum absolute atomic E-state index is 0.279. The Kier molecular flexibility index (Phi) is 6.74. The second-order valence-corrected chi connectivity index (χ2v) is 8.86. The first-order valence-corrected chi connectivity index (χ1v) is 11.8. The zero-order chi connectivity index (χ0) is 23.3. The van der Waals surface area contributed by atoms with E-state index >= 15 is 0 Å². The van der Waals surface area contributed by atoms with Crippen LogP contribution in [0.5, 0.6) is 0 Å². The molecule has 34 heavy (non-hydrogen) atoms. The van der Waals surface area contributed by atoms with E-state index < -0.39 is 0 Å². The molecule has 7 heteroatoms. The van der Waals surface area contributed by atoms with Gasteiger partial charge in [0, 0.05) is 79.8 Å². The van der Waals surface area contributed by atoms with Crippen LogP contribution < -0.4 is 0 Å². The molecule has 4 aromatic rings. The van der Waals surface area contributed by atoms with Crippen LogP contribution in [0.15, 0.2) is 73.4 Å². The van der Waals surface area contributed by atoms with Crippen molar-refractivity contribution < 1.29 is 4.39 Å². The topological polar surface area (TPSA) is 50.1 Å². The molecule has 0 unspecified atom stereocenters. The second kappa shape index (κ2) is 10.2. The van der Waals surface area contributed by atoms with Gasteiger partial charge in [-0.1, -0.05) is 12.1 Å². The third-order valence-electron chi connectivity index (χ3n) is 6.41. The van der Waals surface area contributed by atoms with Crippen molar-refractivity contribution in [3.05, 3.63) is 79.3 Å². The maximum Gasteiger partial charge on any atom is 0.132 e. The zero-order valence-electron chi connectivity index (χ0n) is 19.4. The van der Waals surface area contributed by atoms with E-state index in [-0.39, 0.29) is 5.82 Å². The van der Waals surface area contributed by atoms with E-state index in [0.29, 0.717) is 11.3 Å². The van der Waals surface area contributed by atoms with Gasteiger partial charge in [-0.15, -0.1) is 0 Å². The summed E-state index contributed by atoms with van der Waals surface area (Å²) >= 11 is 0. The number of pyridine rings is 2. The van der Waals surface area contributed by atoms with Gasteiger partial charge in [-0.25, -0.2) is 4.39 Å². The molecule has 1 aliphatic heterocycles. The number of nitrogens with zero attached hydrogens (tertiary/aromatic N) is 6. The Morgan fingerprint density at radius 3 is 2.47 bits per heavy atom. The number of hydrogen-bond donors (Lipinski definition) is 0. The Morgan fingerprint density at radius 2 is 1.65 bits per heavy atom. The molecule has 0 N–H and O–H groups in total. The molecule has 0 aliphatic carbocycles. The first-order chi connectivity index (χ1) is 16.7. The lowest BCUT2D eigenvalue weighted by molar-refractivity contribution is 0.151. The van der Waals surface area contributed by atoms with E-state index in [0.717, 1.165) is 67.9 Å². The predicted octanol–water partition coefficient (Wildman–Crippen LogP) is 4.45. The van der Waals surface area contributed by atoms with E-state index in [1.165, 1.54) is 6.07 Å². The fourth-order valence-corrected chi connectivity index (χ4v) is 4.34. The van der Waals surface area contributed by atoms with Crippen LogP contribution in [-0.4, -0.2) is 69.3 Å². The molecule has 4 heterocycles. The maximum absolute atomic E-state index is 14.2. The SMILES string of the molecule is CN1CCN(CCCn2cc(-c3cncc(-c4ccnc(-c5ccccc5F)c4)c3)cn2)CC1. The number of halogens is 1. The summed E-state index contributed by atoms with van der Waals surface area (Å²) in [6, 6.07) is 12.6. The summed E-state index contributed by atoms with van der Waals surface area (Å²) in [5.41, 5.74) is 5.05. The van der Waals surface area contributed by atoms with Crippen LogP contribution in [0.2, 0.25) is 0 Å². The van der Waals surface area contributed by atoms with Gasteiger partial charge in [0.1, 0.15) is 5.82 Å². The summed E-state index contributed by atoms with van der Waals surface area (Å²) in [6.45, 7) is 6.59. The van der Waals surface area contributed by atoms with Crippen molar-refractivity contribution in [1.29, 1.82) is 0 Å². The van der Waals surface area contributed by atoms with Crippen molar-refractivity contribution in [2.24, 2.45) is 0 Å². The van der Waals surface area contributed by atoms with Crippen molar-refractivity contribution in [1.82, 2.24) is 29.5 Å². The summed E-state index contributed by atoms with van der Waals surface area (Å²) in [4.78, 5) is 13.7. The summed E-state index contributed by atoms with van der Waals surface area (Å²) < 4.78 is 16.3. The highest BCUT2D eigenvalue weighted by molar-refractivity contribution is 5.74. The molecule has 1 aromatic carbocycles. The van der Waals surface area contributed by atoms with Crippen molar-refractivity contribution in [2.45, 2.75) is 13.0 Å². The van der Waals surface area contributed by atoms with Gasteiger partial charge in [-0.05, 0) is 55.9 Å². The summed E-state index contributed by atoms with van der Waals surface area (Å²) in [5, 5.41) is 4.56. The number of hydrogen-bond acceptors (Lipinski definition) is 5. The van der Waals surface area contributed by atoms with E-state index in [9.17, 15) is 4.39 Å². The average molecular weight is 457 g/mol. The Labute approximate surface area is 199 Å². The number of benzene rings is 1. The highest BCUT2D eigenvalue weighted by Gasteiger charge is 2.13. The highest BCUT2D eigenvalue weighted by atomic mass is 19.1. The van der Waals surface area contributed by atoms with Crippen LogP contribution in [0.25, 0.3) is 33.5 Å². The fourth-order valence-electron chi connectivity index (χ4n) is 4.34. The number of rotatable bonds is 7. The summed E-state index contributed by atoms with van der Waals surface area (Å²) in [6.07, 6.45) is 10.5. The van der Waals surface area contributed by atoms with E-state index in [1.807, 2.05) is 41.5 Å². The molecular formula is C27H29FN6. The molecule has 0 radical (unpaired) electrons. The van der Waals surface area contributed by atoms with Crippen LogP contribution in [0.3, 0.4) is 0 Å². The van der Waals surface area contributed by atoms with E-state index in [4.69, 9.17) is 0 Å². The molecule has 1 fully saturated rings. The van der Waals surface area contributed by atoms with Gasteiger partial charge in [-0.3, -0.25) is 14.6 Å². The third kappa shape index (κ3) is 5.21. The molecule has 5 rings (SSSR count). The molecule has 0 bridgehead atoms. The molecule has 1 aliphatic rings. The summed E-state index contributed by atoms with van der Waals surface area (Å²) in [7, 11) is 2.18. The Morgan fingerprint density at radius 1 is 0.853 bits per heavy atom. The second-order valence-electron chi connectivity index (χ2n) is 8.86. The van der Waals surface area contributed by atoms with E-state index in [1.54, 1.807) is 18.3 Å². The lowest BCUT2D eigenvalue weighted by atomic mass is 10.0. The van der Waals surface area contributed by atoms with Gasteiger partial charge in [0.2, 0.25) is 0 Å². The lowest BCUT2D eigenvalue weighted by Gasteiger charge is -2.32. The molecule has 1 saturated heterocycles. The minimum atomic E-state index is -0.279. The van der Waals surface area contributed by atoms with Crippen LogP contribution in [-0.2, 0) is 6.54 Å². The molecule has 0 spiro atoms. The first kappa shape index (κ1) is 22.4. The maximum atomic E-state index is 14.2. The predicted molar refractivity (Wildman–Crippen MR) is 133 cm³/mol. The van der Waals surface area contributed by atoms with Crippen LogP contribution in [0.1, 0.15) is 6.42 Å². The number of aryl methyl sites for hydroxylation is 1. The molecular weight excluding hydrogens is 427 g/mol. The molecule has 174 valence electrons. The number of aromatic nitrogens is 4. The quantitative estimate of drug-likeness (QED) is 0.411. The van der Waals surface area contributed by atoms with Gasteiger partial charge in [0.05, 0.1) is 11.9 Å². The molecule has 0 saturated carbocycles. The molecule has 0 atom stereocenters. The largest absolute Gasteiger partial charge is 0.304 e. The number of piperazine rings is 1.